The van der Waals surface area contributed by atoms with Crippen LogP contribution in [0.1, 0.15) is 24.5 Å². The number of aromatic nitrogens is 4. The van der Waals surface area contributed by atoms with Gasteiger partial charge in [0.25, 0.3) is 5.91 Å². The number of carbonyl (C=O) groups is 1. The Hall–Kier alpha value is -3.22. The summed E-state index contributed by atoms with van der Waals surface area (Å²) in [5.41, 5.74) is 0.900. The molecule has 1 aromatic carbocycles. The van der Waals surface area contributed by atoms with Crippen molar-refractivity contribution < 1.29 is 9.53 Å². The summed E-state index contributed by atoms with van der Waals surface area (Å²) in [7, 11) is 0. The normalized spacial score (nSPS) is 16.9. The highest BCUT2D eigenvalue weighted by atomic mass is 16.5. The molecule has 1 atom stereocenters. The van der Waals surface area contributed by atoms with E-state index in [1.807, 2.05) is 46.0 Å². The molecular formula is C20H21N5O2. The fraction of sp³-hybridized carbons (Fsp3) is 0.300. The van der Waals surface area contributed by atoms with E-state index in [2.05, 4.69) is 15.0 Å². The molecule has 0 radical (unpaired) electrons. The zero-order chi connectivity index (χ0) is 18.5. The number of nitrogens with zero attached hydrogens (tertiary/aromatic N) is 5. The van der Waals surface area contributed by atoms with Crippen molar-refractivity contribution in [1.82, 2.24) is 24.4 Å². The van der Waals surface area contributed by atoms with Gasteiger partial charge in [0.05, 0.1) is 5.69 Å². The molecule has 3 heterocycles. The molecule has 0 bridgehead atoms. The number of para-hydroxylation sites is 1. The molecule has 0 saturated carbocycles. The molecule has 7 heteroatoms. The largest absolute Gasteiger partial charge is 0.484 e. The van der Waals surface area contributed by atoms with Crippen molar-refractivity contribution in [2.45, 2.75) is 18.8 Å². The minimum absolute atomic E-state index is 0.00313. The van der Waals surface area contributed by atoms with Crippen LogP contribution in [0.25, 0.3) is 5.82 Å². The molecule has 0 spiro atoms. The molecule has 1 saturated heterocycles. The molecule has 3 aromatic rings. The van der Waals surface area contributed by atoms with Gasteiger partial charge in [-0.3, -0.25) is 14.3 Å². The average molecular weight is 363 g/mol. The number of hydrogen-bond acceptors (Lipinski definition) is 5. The van der Waals surface area contributed by atoms with Gasteiger partial charge in [0.15, 0.2) is 12.4 Å². The second kappa shape index (κ2) is 7.99. The van der Waals surface area contributed by atoms with Crippen molar-refractivity contribution in [1.29, 1.82) is 0 Å². The zero-order valence-electron chi connectivity index (χ0n) is 14.9. The van der Waals surface area contributed by atoms with Crippen LogP contribution in [0.2, 0.25) is 0 Å². The van der Waals surface area contributed by atoms with Crippen LogP contribution >= 0.6 is 0 Å². The lowest BCUT2D eigenvalue weighted by atomic mass is 9.94. The molecule has 1 aliphatic heterocycles. The highest BCUT2D eigenvalue weighted by Gasteiger charge is 2.28. The molecule has 7 nitrogen and oxygen atoms in total. The van der Waals surface area contributed by atoms with Crippen LogP contribution in [0.5, 0.6) is 5.75 Å². The van der Waals surface area contributed by atoms with E-state index in [1.54, 1.807) is 24.9 Å². The maximum Gasteiger partial charge on any atom is 0.260 e. The van der Waals surface area contributed by atoms with Gasteiger partial charge >= 0.3 is 0 Å². The van der Waals surface area contributed by atoms with E-state index in [4.69, 9.17) is 4.74 Å². The van der Waals surface area contributed by atoms with E-state index < -0.39 is 0 Å². The number of carbonyl (C=O) groups excluding carboxylic acids is 1. The zero-order valence-corrected chi connectivity index (χ0v) is 14.9. The lowest BCUT2D eigenvalue weighted by Gasteiger charge is -2.33. The molecule has 27 heavy (non-hydrogen) atoms. The maximum atomic E-state index is 12.6. The number of amides is 1. The molecule has 1 fully saturated rings. The summed E-state index contributed by atoms with van der Waals surface area (Å²) in [6.45, 7) is 1.41. The molecular weight excluding hydrogens is 342 g/mol. The number of ether oxygens (including phenoxy) is 1. The van der Waals surface area contributed by atoms with Crippen LogP contribution in [-0.4, -0.2) is 50.0 Å². The van der Waals surface area contributed by atoms with Gasteiger partial charge in [0.2, 0.25) is 0 Å². The quantitative estimate of drug-likeness (QED) is 0.696. The molecule has 4 rings (SSSR count). The molecule has 138 valence electrons. The third-order valence-corrected chi connectivity index (χ3v) is 4.72. The fourth-order valence-corrected chi connectivity index (χ4v) is 3.39. The number of piperidine rings is 1. The first kappa shape index (κ1) is 17.2. The first-order valence-corrected chi connectivity index (χ1v) is 9.06. The molecule has 1 unspecified atom stereocenters. The van der Waals surface area contributed by atoms with Crippen LogP contribution in [0.4, 0.5) is 0 Å². The summed E-state index contributed by atoms with van der Waals surface area (Å²) in [6.07, 6.45) is 10.6. The van der Waals surface area contributed by atoms with Gasteiger partial charge in [-0.15, -0.1) is 0 Å². The first-order chi connectivity index (χ1) is 13.3. The Labute approximate surface area is 157 Å². The van der Waals surface area contributed by atoms with Crippen molar-refractivity contribution in [2.75, 3.05) is 19.7 Å². The van der Waals surface area contributed by atoms with Crippen LogP contribution in [0, 0.1) is 0 Å². The summed E-state index contributed by atoms with van der Waals surface area (Å²) in [4.78, 5) is 27.6. The van der Waals surface area contributed by atoms with Crippen LogP contribution in [0.15, 0.2) is 61.4 Å². The Morgan fingerprint density at radius 1 is 1.15 bits per heavy atom. The highest BCUT2D eigenvalue weighted by Crippen LogP contribution is 2.28. The topological polar surface area (TPSA) is 73.1 Å². The maximum absolute atomic E-state index is 12.6. The van der Waals surface area contributed by atoms with E-state index >= 15 is 0 Å². The summed E-state index contributed by atoms with van der Waals surface area (Å²) >= 11 is 0. The number of imidazole rings is 1. The van der Waals surface area contributed by atoms with Crippen LogP contribution < -0.4 is 4.74 Å². The monoisotopic (exact) mass is 363 g/mol. The lowest BCUT2D eigenvalue weighted by Crippen LogP contribution is -2.42. The molecule has 0 aliphatic carbocycles. The van der Waals surface area contributed by atoms with Gasteiger partial charge < -0.3 is 9.64 Å². The van der Waals surface area contributed by atoms with E-state index in [0.717, 1.165) is 30.9 Å². The SMILES string of the molecule is O=C(COc1ccccc1)N1CCCC(c2nccnc2-n2ccnc2)C1. The summed E-state index contributed by atoms with van der Waals surface area (Å²) < 4.78 is 7.48. The van der Waals surface area contributed by atoms with Crippen molar-refractivity contribution in [3.8, 4) is 11.6 Å². The Morgan fingerprint density at radius 3 is 2.81 bits per heavy atom. The van der Waals surface area contributed by atoms with Gasteiger partial charge in [-0.1, -0.05) is 18.2 Å². The average Bonchev–Trinajstić information content (AvgIpc) is 3.28. The summed E-state index contributed by atoms with van der Waals surface area (Å²) in [5.74, 6) is 1.62. The Bertz CT molecular complexity index is 882. The van der Waals surface area contributed by atoms with Crippen molar-refractivity contribution in [3.63, 3.8) is 0 Å². The Balaban J connectivity index is 1.45. The third kappa shape index (κ3) is 3.97. The van der Waals surface area contributed by atoms with Crippen LogP contribution in [-0.2, 0) is 4.79 Å². The predicted molar refractivity (Wildman–Crippen MR) is 99.6 cm³/mol. The standard InChI is InChI=1S/C20H21N5O2/c26-18(14-27-17-6-2-1-3-7-17)24-11-4-5-16(13-24)19-20(23-9-8-22-19)25-12-10-21-15-25/h1-3,6-10,12,15-16H,4-5,11,13-14H2. The van der Waals surface area contributed by atoms with Gasteiger partial charge in [-0.05, 0) is 25.0 Å². The van der Waals surface area contributed by atoms with Crippen LogP contribution in [0.3, 0.4) is 0 Å². The first-order valence-electron chi connectivity index (χ1n) is 9.06. The van der Waals surface area contributed by atoms with Gasteiger partial charge in [-0.25, -0.2) is 9.97 Å². The van der Waals surface area contributed by atoms with Gasteiger partial charge in [0.1, 0.15) is 12.1 Å². The minimum atomic E-state index is -0.00313. The lowest BCUT2D eigenvalue weighted by molar-refractivity contribution is -0.134. The Morgan fingerprint density at radius 2 is 2.00 bits per heavy atom. The third-order valence-electron chi connectivity index (χ3n) is 4.72. The number of benzene rings is 1. The summed E-state index contributed by atoms with van der Waals surface area (Å²) in [5, 5.41) is 0. The van der Waals surface area contributed by atoms with E-state index in [0.29, 0.717) is 12.3 Å². The second-order valence-electron chi connectivity index (χ2n) is 6.52. The van der Waals surface area contributed by atoms with Gasteiger partial charge in [-0.2, -0.15) is 0 Å². The van der Waals surface area contributed by atoms with E-state index in [1.165, 1.54) is 0 Å². The van der Waals surface area contributed by atoms with Crippen molar-refractivity contribution in [2.24, 2.45) is 0 Å². The Kier molecular flexibility index (Phi) is 5.09. The van der Waals surface area contributed by atoms with Crippen molar-refractivity contribution in [3.05, 3.63) is 67.1 Å². The second-order valence-corrected chi connectivity index (χ2v) is 6.52. The number of hydrogen-bond donors (Lipinski definition) is 0. The fourth-order valence-electron chi connectivity index (χ4n) is 3.39. The van der Waals surface area contributed by atoms with E-state index in [9.17, 15) is 4.79 Å². The minimum Gasteiger partial charge on any atom is -0.484 e. The number of likely N-dealkylation sites (tertiary alicyclic amines) is 1. The smallest absolute Gasteiger partial charge is 0.260 e. The molecule has 1 amide bonds. The highest BCUT2D eigenvalue weighted by molar-refractivity contribution is 5.78. The molecule has 0 N–H and O–H groups in total. The number of rotatable bonds is 5. The predicted octanol–water partition coefficient (Wildman–Crippen LogP) is 2.45. The molecule has 1 aliphatic rings. The van der Waals surface area contributed by atoms with E-state index in [-0.39, 0.29) is 18.4 Å². The van der Waals surface area contributed by atoms with Gasteiger partial charge in [0, 0.05) is 43.8 Å². The molecule has 2 aromatic heterocycles. The van der Waals surface area contributed by atoms with Crippen molar-refractivity contribution >= 4 is 5.91 Å². The summed E-state index contributed by atoms with van der Waals surface area (Å²) in [6, 6.07) is 9.40.